The zero-order valence-electron chi connectivity index (χ0n) is 10.6. The molecule has 4 heteroatoms. The molecule has 0 aromatic carbocycles. The highest BCUT2D eigenvalue weighted by Crippen LogP contribution is 2.12. The zero-order chi connectivity index (χ0) is 12.0. The quantitative estimate of drug-likeness (QED) is 0.666. The largest absolute Gasteiger partial charge is 0.467 e. The maximum Gasteiger partial charge on any atom is 0.336 e. The molecule has 2 unspecified atom stereocenters. The highest BCUT2D eigenvalue weighted by atomic mass is 16.6. The molecule has 1 heterocycles. The van der Waals surface area contributed by atoms with Gasteiger partial charge in [-0.15, -0.1) is 0 Å². The van der Waals surface area contributed by atoms with Gasteiger partial charge in [0, 0.05) is 19.6 Å². The van der Waals surface area contributed by atoms with Crippen molar-refractivity contribution in [1.29, 1.82) is 0 Å². The van der Waals surface area contributed by atoms with Gasteiger partial charge in [-0.3, -0.25) is 4.90 Å². The first-order valence-electron chi connectivity index (χ1n) is 6.09. The summed E-state index contributed by atoms with van der Waals surface area (Å²) in [6.45, 7) is 7.71. The van der Waals surface area contributed by atoms with E-state index < -0.39 is 6.10 Å². The Labute approximate surface area is 97.9 Å². The Morgan fingerprint density at radius 3 is 3.00 bits per heavy atom. The van der Waals surface area contributed by atoms with Crippen molar-refractivity contribution in [2.45, 2.75) is 32.8 Å². The molecule has 0 spiro atoms. The van der Waals surface area contributed by atoms with Crippen molar-refractivity contribution in [3.63, 3.8) is 0 Å². The number of morpholine rings is 1. The monoisotopic (exact) mass is 229 g/mol. The second-order valence-electron chi connectivity index (χ2n) is 4.54. The normalized spacial score (nSPS) is 24.1. The summed E-state index contributed by atoms with van der Waals surface area (Å²) >= 11 is 0. The van der Waals surface area contributed by atoms with Gasteiger partial charge in [-0.2, -0.15) is 0 Å². The molecule has 2 atom stereocenters. The van der Waals surface area contributed by atoms with Crippen LogP contribution in [0.5, 0.6) is 0 Å². The summed E-state index contributed by atoms with van der Waals surface area (Å²) < 4.78 is 10.1. The molecule has 0 radical (unpaired) electrons. The first-order valence-corrected chi connectivity index (χ1v) is 6.09. The van der Waals surface area contributed by atoms with Crippen molar-refractivity contribution < 1.29 is 14.3 Å². The predicted octanol–water partition coefficient (Wildman–Crippen LogP) is 1.30. The number of carbonyl (C=O) groups is 1. The van der Waals surface area contributed by atoms with E-state index in [-0.39, 0.29) is 5.97 Å². The summed E-state index contributed by atoms with van der Waals surface area (Å²) in [5, 5.41) is 0. The molecule has 1 aliphatic rings. The Morgan fingerprint density at radius 1 is 1.62 bits per heavy atom. The Bertz CT molecular complexity index is 220. The second kappa shape index (κ2) is 6.86. The van der Waals surface area contributed by atoms with Gasteiger partial charge in [-0.05, 0) is 12.3 Å². The van der Waals surface area contributed by atoms with Crippen LogP contribution >= 0.6 is 0 Å². The molecule has 0 bridgehead atoms. The van der Waals surface area contributed by atoms with Gasteiger partial charge in [0.15, 0.2) is 6.10 Å². The minimum Gasteiger partial charge on any atom is -0.467 e. The number of methoxy groups -OCH3 is 1. The highest BCUT2D eigenvalue weighted by molar-refractivity contribution is 5.74. The molecule has 0 aromatic heterocycles. The highest BCUT2D eigenvalue weighted by Gasteiger charge is 2.27. The van der Waals surface area contributed by atoms with E-state index in [1.54, 1.807) is 0 Å². The molecule has 1 rings (SSSR count). The van der Waals surface area contributed by atoms with E-state index in [4.69, 9.17) is 9.47 Å². The first-order chi connectivity index (χ1) is 7.67. The second-order valence-corrected chi connectivity index (χ2v) is 4.54. The fourth-order valence-electron chi connectivity index (χ4n) is 2.17. The third-order valence-electron chi connectivity index (χ3n) is 2.97. The van der Waals surface area contributed by atoms with Crippen LogP contribution in [0.3, 0.4) is 0 Å². The van der Waals surface area contributed by atoms with Crippen molar-refractivity contribution >= 4 is 5.97 Å². The van der Waals surface area contributed by atoms with Crippen molar-refractivity contribution in [2.24, 2.45) is 5.92 Å². The van der Waals surface area contributed by atoms with Crippen molar-refractivity contribution in [2.75, 3.05) is 33.4 Å². The lowest BCUT2D eigenvalue weighted by molar-refractivity contribution is -0.159. The topological polar surface area (TPSA) is 38.8 Å². The van der Waals surface area contributed by atoms with Gasteiger partial charge >= 0.3 is 5.97 Å². The van der Waals surface area contributed by atoms with Crippen LogP contribution in [-0.2, 0) is 14.3 Å². The lowest BCUT2D eigenvalue weighted by atomic mass is 10.1. The smallest absolute Gasteiger partial charge is 0.336 e. The van der Waals surface area contributed by atoms with E-state index in [1.165, 1.54) is 20.0 Å². The number of ether oxygens (including phenoxy) is 2. The summed E-state index contributed by atoms with van der Waals surface area (Å²) in [7, 11) is 1.41. The van der Waals surface area contributed by atoms with Crippen LogP contribution in [-0.4, -0.2) is 50.3 Å². The zero-order valence-corrected chi connectivity index (χ0v) is 10.6. The lowest BCUT2D eigenvalue weighted by Gasteiger charge is -2.33. The Hall–Kier alpha value is -0.610. The molecule has 0 N–H and O–H groups in total. The van der Waals surface area contributed by atoms with Crippen LogP contribution in [0.15, 0.2) is 0 Å². The van der Waals surface area contributed by atoms with Gasteiger partial charge in [0.05, 0.1) is 13.7 Å². The third kappa shape index (κ3) is 4.10. The molecular formula is C12H23NO3. The molecule has 0 saturated carbocycles. The number of hydrogen-bond donors (Lipinski definition) is 0. The minimum absolute atomic E-state index is 0.257. The maximum absolute atomic E-state index is 11.4. The molecule has 1 fully saturated rings. The van der Waals surface area contributed by atoms with Crippen LogP contribution in [0.25, 0.3) is 0 Å². The van der Waals surface area contributed by atoms with Gasteiger partial charge < -0.3 is 9.47 Å². The van der Waals surface area contributed by atoms with E-state index in [2.05, 4.69) is 18.7 Å². The molecule has 1 saturated heterocycles. The molecule has 1 aliphatic heterocycles. The fraction of sp³-hybridized carbons (Fsp3) is 0.917. The molecule has 4 nitrogen and oxygen atoms in total. The van der Waals surface area contributed by atoms with Gasteiger partial charge in [0.1, 0.15) is 0 Å². The third-order valence-corrected chi connectivity index (χ3v) is 2.97. The summed E-state index contributed by atoms with van der Waals surface area (Å²) in [6.07, 6.45) is 2.05. The van der Waals surface area contributed by atoms with Crippen LogP contribution in [0.4, 0.5) is 0 Å². The van der Waals surface area contributed by atoms with Gasteiger partial charge in [0.25, 0.3) is 0 Å². The van der Waals surface area contributed by atoms with Gasteiger partial charge in [0.2, 0.25) is 0 Å². The Morgan fingerprint density at radius 2 is 2.38 bits per heavy atom. The molecule has 94 valence electrons. The number of hydrogen-bond acceptors (Lipinski definition) is 4. The number of rotatable bonds is 5. The van der Waals surface area contributed by atoms with E-state index in [9.17, 15) is 4.79 Å². The predicted molar refractivity (Wildman–Crippen MR) is 62.3 cm³/mol. The van der Waals surface area contributed by atoms with E-state index >= 15 is 0 Å². The first kappa shape index (κ1) is 13.5. The summed E-state index contributed by atoms with van der Waals surface area (Å²) in [5.74, 6) is 0.425. The Balaban J connectivity index is 2.35. The fourth-order valence-corrected chi connectivity index (χ4v) is 2.17. The lowest BCUT2D eigenvalue weighted by Crippen LogP contribution is -2.47. The van der Waals surface area contributed by atoms with E-state index in [1.807, 2.05) is 0 Å². The van der Waals surface area contributed by atoms with Crippen molar-refractivity contribution in [3.05, 3.63) is 0 Å². The standard InChI is InChI=1S/C12H23NO3/c1-4-5-10(2)8-13-6-7-16-11(9-13)12(14)15-3/h10-11H,4-9H2,1-3H3. The average Bonchev–Trinajstić information content (AvgIpc) is 2.28. The van der Waals surface area contributed by atoms with Gasteiger partial charge in [-0.1, -0.05) is 20.3 Å². The van der Waals surface area contributed by atoms with Gasteiger partial charge in [-0.25, -0.2) is 4.79 Å². The summed E-state index contributed by atoms with van der Waals surface area (Å²) in [5.41, 5.74) is 0. The maximum atomic E-state index is 11.4. The summed E-state index contributed by atoms with van der Waals surface area (Å²) in [6, 6.07) is 0. The van der Waals surface area contributed by atoms with Crippen molar-refractivity contribution in [3.8, 4) is 0 Å². The molecule has 0 aromatic rings. The summed E-state index contributed by atoms with van der Waals surface area (Å²) in [4.78, 5) is 13.6. The molecule has 0 aliphatic carbocycles. The van der Waals surface area contributed by atoms with E-state index in [0.29, 0.717) is 19.1 Å². The number of nitrogens with zero attached hydrogens (tertiary/aromatic N) is 1. The van der Waals surface area contributed by atoms with Crippen molar-refractivity contribution in [1.82, 2.24) is 4.90 Å². The van der Waals surface area contributed by atoms with Crippen LogP contribution in [0.2, 0.25) is 0 Å². The van der Waals surface area contributed by atoms with Crippen LogP contribution in [0, 0.1) is 5.92 Å². The number of carbonyl (C=O) groups excluding carboxylic acids is 1. The molecule has 16 heavy (non-hydrogen) atoms. The Kier molecular flexibility index (Phi) is 5.77. The molecular weight excluding hydrogens is 206 g/mol. The minimum atomic E-state index is -0.396. The van der Waals surface area contributed by atoms with Crippen LogP contribution < -0.4 is 0 Å². The van der Waals surface area contributed by atoms with Crippen LogP contribution in [0.1, 0.15) is 26.7 Å². The van der Waals surface area contributed by atoms with E-state index in [0.717, 1.165) is 13.1 Å². The number of esters is 1. The molecule has 0 amide bonds. The average molecular weight is 229 g/mol. The SMILES string of the molecule is CCCC(C)CN1CCOC(C(=O)OC)C1.